The van der Waals surface area contributed by atoms with Gasteiger partial charge in [0.15, 0.2) is 10.7 Å². The highest BCUT2D eigenvalue weighted by molar-refractivity contribution is 7.16. The average Bonchev–Trinajstić information content (AvgIpc) is 3.52. The number of oxazole rings is 1. The Bertz CT molecular complexity index is 1220. The van der Waals surface area contributed by atoms with Crippen molar-refractivity contribution in [1.29, 1.82) is 0 Å². The summed E-state index contributed by atoms with van der Waals surface area (Å²) in [4.78, 5) is 25.4. The summed E-state index contributed by atoms with van der Waals surface area (Å²) in [7, 11) is 0. The summed E-state index contributed by atoms with van der Waals surface area (Å²) >= 11 is 1.48. The predicted molar refractivity (Wildman–Crippen MR) is 125 cm³/mol. The number of halogens is 1. The Balaban J connectivity index is 1.38. The number of fused-ring (bicyclic) bond motifs is 1. The van der Waals surface area contributed by atoms with E-state index in [4.69, 9.17) is 4.42 Å². The number of para-hydroxylation sites is 2. The zero-order chi connectivity index (χ0) is 22.1. The molecule has 6 nitrogen and oxygen atoms in total. The minimum Gasteiger partial charge on any atom is -0.423 e. The number of hydrogen-bond acceptors (Lipinski definition) is 6. The number of rotatable bonds is 6. The molecule has 0 spiro atoms. The molecular weight excluding hydrogens is 427 g/mol. The molecule has 1 fully saturated rings. The lowest BCUT2D eigenvalue weighted by Gasteiger charge is -2.21. The van der Waals surface area contributed by atoms with Gasteiger partial charge < -0.3 is 14.6 Å². The van der Waals surface area contributed by atoms with Gasteiger partial charge in [0, 0.05) is 17.0 Å². The Kier molecular flexibility index (Phi) is 5.61. The molecule has 2 aromatic heterocycles. The van der Waals surface area contributed by atoms with Gasteiger partial charge in [0.05, 0.1) is 5.69 Å². The van der Waals surface area contributed by atoms with Gasteiger partial charge in [0.1, 0.15) is 17.4 Å². The van der Waals surface area contributed by atoms with Crippen molar-refractivity contribution in [2.24, 2.45) is 0 Å². The summed E-state index contributed by atoms with van der Waals surface area (Å²) in [6.07, 6.45) is 3.41. The Morgan fingerprint density at radius 1 is 1.22 bits per heavy atom. The third kappa shape index (κ3) is 3.98. The van der Waals surface area contributed by atoms with E-state index in [-0.39, 0.29) is 17.8 Å². The van der Waals surface area contributed by atoms with E-state index in [9.17, 15) is 9.18 Å². The van der Waals surface area contributed by atoms with Gasteiger partial charge in [-0.2, -0.15) is 4.98 Å². The van der Waals surface area contributed by atoms with Crippen LogP contribution < -0.4 is 10.2 Å². The van der Waals surface area contributed by atoms with Crippen LogP contribution in [0.5, 0.6) is 0 Å². The molecule has 8 heteroatoms. The van der Waals surface area contributed by atoms with Crippen LogP contribution in [0, 0.1) is 5.82 Å². The van der Waals surface area contributed by atoms with Crippen LogP contribution in [0.2, 0.25) is 0 Å². The molecule has 164 valence electrons. The second kappa shape index (κ2) is 8.70. The summed E-state index contributed by atoms with van der Waals surface area (Å²) in [6.45, 7) is 2.81. The highest BCUT2D eigenvalue weighted by Gasteiger charge is 2.34. The molecule has 2 aromatic carbocycles. The first kappa shape index (κ1) is 20.6. The quantitative estimate of drug-likeness (QED) is 0.411. The van der Waals surface area contributed by atoms with Crippen molar-refractivity contribution < 1.29 is 13.6 Å². The first-order valence-electron chi connectivity index (χ1n) is 10.8. The summed E-state index contributed by atoms with van der Waals surface area (Å²) in [5.41, 5.74) is 3.14. The van der Waals surface area contributed by atoms with Gasteiger partial charge in [-0.05, 0) is 55.7 Å². The second-order valence-electron chi connectivity index (χ2n) is 7.85. The highest BCUT2D eigenvalue weighted by atomic mass is 32.1. The number of carbonyl (C=O) groups is 1. The summed E-state index contributed by atoms with van der Waals surface area (Å²) in [5, 5.41) is 3.56. The molecule has 4 aromatic rings. The van der Waals surface area contributed by atoms with E-state index in [1.54, 1.807) is 12.1 Å². The third-order valence-corrected chi connectivity index (χ3v) is 6.64. The zero-order valence-corrected chi connectivity index (χ0v) is 18.5. The maximum Gasteiger partial charge on any atom is 0.299 e. The Morgan fingerprint density at radius 2 is 2.03 bits per heavy atom. The molecule has 1 aliphatic rings. The lowest BCUT2D eigenvalue weighted by Crippen LogP contribution is -2.39. The molecule has 1 aliphatic heterocycles. The lowest BCUT2D eigenvalue weighted by atomic mass is 10.1. The number of nitrogens with one attached hydrogen (secondary N) is 1. The van der Waals surface area contributed by atoms with E-state index >= 15 is 0 Å². The largest absolute Gasteiger partial charge is 0.423 e. The summed E-state index contributed by atoms with van der Waals surface area (Å²) < 4.78 is 19.2. The number of anilines is 2. The topological polar surface area (TPSA) is 71.3 Å². The van der Waals surface area contributed by atoms with Crippen molar-refractivity contribution >= 4 is 39.5 Å². The Hall–Kier alpha value is -3.26. The minimum atomic E-state index is -0.365. The zero-order valence-electron chi connectivity index (χ0n) is 17.7. The van der Waals surface area contributed by atoms with Gasteiger partial charge in [-0.25, -0.2) is 9.37 Å². The summed E-state index contributed by atoms with van der Waals surface area (Å²) in [5.74, 6) is -0.401. The molecular formula is C24H23FN4O2S. The molecule has 1 unspecified atom stereocenters. The molecule has 0 bridgehead atoms. The number of aromatic nitrogens is 2. The van der Waals surface area contributed by atoms with Crippen LogP contribution >= 0.6 is 11.3 Å². The van der Waals surface area contributed by atoms with E-state index in [0.29, 0.717) is 23.3 Å². The van der Waals surface area contributed by atoms with Crippen molar-refractivity contribution in [3.8, 4) is 11.3 Å². The molecule has 1 saturated heterocycles. The van der Waals surface area contributed by atoms with Gasteiger partial charge >= 0.3 is 0 Å². The second-order valence-corrected chi connectivity index (χ2v) is 8.94. The smallest absolute Gasteiger partial charge is 0.299 e. The number of carbonyl (C=O) groups excluding carboxylic acids is 1. The standard InChI is InChI=1S/C24H23FN4O2S/c1-2-6-20-21(15-10-12-16(25)13-11-15)27-23(32-20)28-22(30)18-8-5-14-29(18)24-26-17-7-3-4-9-19(17)31-24/h3-4,7,9-13,18H,2,5-6,8,14H2,1H3,(H,27,28,30). The van der Waals surface area contributed by atoms with Gasteiger partial charge in [-0.15, -0.1) is 11.3 Å². The average molecular weight is 451 g/mol. The van der Waals surface area contributed by atoms with Crippen LogP contribution in [0.4, 0.5) is 15.5 Å². The van der Waals surface area contributed by atoms with Crippen LogP contribution in [0.25, 0.3) is 22.4 Å². The first-order chi connectivity index (χ1) is 15.6. The van der Waals surface area contributed by atoms with Crippen LogP contribution in [-0.4, -0.2) is 28.5 Å². The Morgan fingerprint density at radius 3 is 2.81 bits per heavy atom. The molecule has 1 amide bonds. The molecule has 3 heterocycles. The van der Waals surface area contributed by atoms with E-state index in [0.717, 1.165) is 47.3 Å². The summed E-state index contributed by atoms with van der Waals surface area (Å²) in [6, 6.07) is 14.0. The number of hydrogen-bond donors (Lipinski definition) is 1. The molecule has 32 heavy (non-hydrogen) atoms. The first-order valence-corrected chi connectivity index (χ1v) is 11.6. The number of amides is 1. The van der Waals surface area contributed by atoms with Crippen LogP contribution in [-0.2, 0) is 11.2 Å². The minimum absolute atomic E-state index is 0.118. The maximum atomic E-state index is 13.4. The molecule has 5 rings (SSSR count). The highest BCUT2D eigenvalue weighted by Crippen LogP contribution is 2.34. The lowest BCUT2D eigenvalue weighted by molar-refractivity contribution is -0.117. The number of nitrogens with zero attached hydrogens (tertiary/aromatic N) is 3. The van der Waals surface area contributed by atoms with E-state index < -0.39 is 0 Å². The number of thiazole rings is 1. The van der Waals surface area contributed by atoms with Gasteiger partial charge in [0.25, 0.3) is 6.01 Å². The normalized spacial score (nSPS) is 16.1. The fourth-order valence-corrected chi connectivity index (χ4v) is 5.16. The van der Waals surface area contributed by atoms with Crippen LogP contribution in [0.3, 0.4) is 0 Å². The van der Waals surface area contributed by atoms with Crippen molar-refractivity contribution in [2.75, 3.05) is 16.8 Å². The molecule has 1 atom stereocenters. The fourth-order valence-electron chi connectivity index (χ4n) is 4.07. The van der Waals surface area contributed by atoms with Crippen molar-refractivity contribution in [1.82, 2.24) is 9.97 Å². The molecule has 0 saturated carbocycles. The number of aryl methyl sites for hydroxylation is 1. The van der Waals surface area contributed by atoms with Gasteiger partial charge in [-0.1, -0.05) is 25.5 Å². The van der Waals surface area contributed by atoms with Crippen LogP contribution in [0.15, 0.2) is 52.9 Å². The fraction of sp³-hybridized carbons (Fsp3) is 0.292. The van der Waals surface area contributed by atoms with E-state index in [1.807, 2.05) is 29.2 Å². The molecule has 1 N–H and O–H groups in total. The van der Waals surface area contributed by atoms with Gasteiger partial charge in [-0.3, -0.25) is 4.79 Å². The molecule has 0 aliphatic carbocycles. The van der Waals surface area contributed by atoms with Crippen molar-refractivity contribution in [3.63, 3.8) is 0 Å². The van der Waals surface area contributed by atoms with E-state index in [2.05, 4.69) is 22.2 Å². The predicted octanol–water partition coefficient (Wildman–Crippen LogP) is 5.65. The SMILES string of the molecule is CCCc1sc(NC(=O)C2CCCN2c2nc3ccccc3o2)nc1-c1ccc(F)cc1. The third-order valence-electron chi connectivity index (χ3n) is 5.61. The Labute approximate surface area is 189 Å². The number of benzene rings is 2. The van der Waals surface area contributed by atoms with Gasteiger partial charge in [0.2, 0.25) is 5.91 Å². The van der Waals surface area contributed by atoms with Crippen LogP contribution in [0.1, 0.15) is 31.1 Å². The van der Waals surface area contributed by atoms with Crippen molar-refractivity contribution in [3.05, 3.63) is 59.2 Å². The van der Waals surface area contributed by atoms with Crippen molar-refractivity contribution in [2.45, 2.75) is 38.6 Å². The molecule has 0 radical (unpaired) electrons. The monoisotopic (exact) mass is 450 g/mol. The maximum absolute atomic E-state index is 13.4. The van der Waals surface area contributed by atoms with E-state index in [1.165, 1.54) is 23.5 Å².